The summed E-state index contributed by atoms with van der Waals surface area (Å²) in [6.45, 7) is 4.96. The van der Waals surface area contributed by atoms with Gasteiger partial charge in [0, 0.05) is 12.5 Å². The van der Waals surface area contributed by atoms with Gasteiger partial charge >= 0.3 is 0 Å². The van der Waals surface area contributed by atoms with Crippen molar-refractivity contribution >= 4 is 5.78 Å². The summed E-state index contributed by atoms with van der Waals surface area (Å²) in [6.07, 6.45) is 6.73. The topological polar surface area (TPSA) is 35.5 Å². The molecule has 2 aliphatic rings. The molecule has 17 heavy (non-hydrogen) atoms. The lowest BCUT2D eigenvalue weighted by Crippen LogP contribution is -2.40. The molecule has 0 radical (unpaired) electrons. The van der Waals surface area contributed by atoms with E-state index in [1.54, 1.807) is 0 Å². The Kier molecular flexibility index (Phi) is 4.21. The molecule has 1 aliphatic heterocycles. The number of hydrogen-bond acceptors (Lipinski definition) is 3. The maximum absolute atomic E-state index is 12.1. The van der Waals surface area contributed by atoms with E-state index in [-0.39, 0.29) is 30.0 Å². The van der Waals surface area contributed by atoms with E-state index in [4.69, 9.17) is 9.47 Å². The van der Waals surface area contributed by atoms with Crippen molar-refractivity contribution in [2.75, 3.05) is 13.2 Å². The van der Waals surface area contributed by atoms with E-state index < -0.39 is 0 Å². The predicted molar refractivity (Wildman–Crippen MR) is 66.0 cm³/mol. The van der Waals surface area contributed by atoms with Crippen LogP contribution in [0.5, 0.6) is 0 Å². The van der Waals surface area contributed by atoms with Gasteiger partial charge in [0.1, 0.15) is 6.61 Å². The quantitative estimate of drug-likeness (QED) is 0.758. The van der Waals surface area contributed by atoms with Crippen LogP contribution < -0.4 is 0 Å². The Balaban J connectivity index is 1.86. The monoisotopic (exact) mass is 240 g/mol. The lowest BCUT2D eigenvalue weighted by Gasteiger charge is -2.37. The van der Waals surface area contributed by atoms with Gasteiger partial charge in [-0.15, -0.1) is 0 Å². The van der Waals surface area contributed by atoms with Gasteiger partial charge in [-0.1, -0.05) is 12.8 Å². The Morgan fingerprint density at radius 2 is 2.12 bits per heavy atom. The fourth-order valence-electron chi connectivity index (χ4n) is 3.04. The highest BCUT2D eigenvalue weighted by Crippen LogP contribution is 2.42. The first-order chi connectivity index (χ1) is 8.11. The van der Waals surface area contributed by atoms with E-state index in [2.05, 4.69) is 0 Å². The number of rotatable bonds is 4. The predicted octanol–water partition coefficient (Wildman–Crippen LogP) is 2.72. The number of carbonyl (C=O) groups excluding carboxylic acids is 1. The highest BCUT2D eigenvalue weighted by molar-refractivity contribution is 5.82. The summed E-state index contributed by atoms with van der Waals surface area (Å²) < 4.78 is 11.4. The first kappa shape index (κ1) is 13.0. The lowest BCUT2D eigenvalue weighted by molar-refractivity contribution is -0.141. The Bertz CT molecular complexity index is 267. The van der Waals surface area contributed by atoms with Gasteiger partial charge in [0.2, 0.25) is 0 Å². The summed E-state index contributed by atoms with van der Waals surface area (Å²) in [5.41, 5.74) is 0.0381. The molecule has 1 atom stereocenters. The molecule has 2 rings (SSSR count). The largest absolute Gasteiger partial charge is 0.375 e. The van der Waals surface area contributed by atoms with Gasteiger partial charge in [0.15, 0.2) is 5.78 Å². The molecule has 1 saturated carbocycles. The van der Waals surface area contributed by atoms with Crippen LogP contribution in [-0.4, -0.2) is 30.7 Å². The molecular weight excluding hydrogens is 216 g/mol. The molecule has 0 amide bonds. The molecule has 3 heteroatoms. The summed E-state index contributed by atoms with van der Waals surface area (Å²) in [7, 11) is 0. The number of Topliss-reactive ketones (excluding diaryl/α,β-unsaturated/α-hetero) is 1. The molecule has 1 heterocycles. The van der Waals surface area contributed by atoms with Gasteiger partial charge in [-0.3, -0.25) is 4.79 Å². The first-order valence-electron chi connectivity index (χ1n) is 6.90. The number of ketones is 1. The summed E-state index contributed by atoms with van der Waals surface area (Å²) in [5.74, 6) is 0.439. The van der Waals surface area contributed by atoms with Crippen LogP contribution in [0.4, 0.5) is 0 Å². The van der Waals surface area contributed by atoms with Crippen molar-refractivity contribution in [2.24, 2.45) is 5.92 Å². The third-order valence-corrected chi connectivity index (χ3v) is 4.02. The van der Waals surface area contributed by atoms with Gasteiger partial charge in [0.25, 0.3) is 0 Å². The lowest BCUT2D eigenvalue weighted by atomic mass is 9.82. The van der Waals surface area contributed by atoms with Crippen LogP contribution in [0.2, 0.25) is 0 Å². The molecule has 1 aliphatic carbocycles. The van der Waals surface area contributed by atoms with Crippen molar-refractivity contribution in [3.05, 3.63) is 0 Å². The number of hydrogen-bond donors (Lipinski definition) is 0. The van der Waals surface area contributed by atoms with Crippen molar-refractivity contribution in [2.45, 2.75) is 64.1 Å². The minimum absolute atomic E-state index is 0.0381. The van der Waals surface area contributed by atoms with Gasteiger partial charge in [-0.05, 0) is 39.5 Å². The molecule has 1 saturated heterocycles. The standard InChI is InChI=1S/C14H24O3/c1-11(2)16-10-13(15)12-5-8-17-14(9-12)6-3-4-7-14/h11-12H,3-10H2,1-2H3. The first-order valence-corrected chi connectivity index (χ1v) is 6.90. The average Bonchev–Trinajstić information content (AvgIpc) is 2.74. The molecule has 2 fully saturated rings. The van der Waals surface area contributed by atoms with Crippen LogP contribution in [0.1, 0.15) is 52.4 Å². The smallest absolute Gasteiger partial charge is 0.161 e. The van der Waals surface area contributed by atoms with Gasteiger partial charge in [-0.25, -0.2) is 0 Å². The van der Waals surface area contributed by atoms with E-state index in [1.807, 2.05) is 13.8 Å². The number of carbonyl (C=O) groups is 1. The van der Waals surface area contributed by atoms with Crippen LogP contribution in [-0.2, 0) is 14.3 Å². The minimum Gasteiger partial charge on any atom is -0.375 e. The third-order valence-electron chi connectivity index (χ3n) is 4.02. The summed E-state index contributed by atoms with van der Waals surface area (Å²) in [6, 6.07) is 0. The Morgan fingerprint density at radius 1 is 1.41 bits per heavy atom. The van der Waals surface area contributed by atoms with Crippen LogP contribution in [0.15, 0.2) is 0 Å². The average molecular weight is 240 g/mol. The zero-order valence-electron chi connectivity index (χ0n) is 11.0. The third kappa shape index (κ3) is 3.29. The van der Waals surface area contributed by atoms with Crippen molar-refractivity contribution in [1.29, 1.82) is 0 Å². The molecule has 1 spiro atoms. The Morgan fingerprint density at radius 3 is 2.76 bits per heavy atom. The van der Waals surface area contributed by atoms with Crippen molar-refractivity contribution in [3.8, 4) is 0 Å². The SMILES string of the molecule is CC(C)OCC(=O)C1CCOC2(CCCC2)C1. The Labute approximate surface area is 104 Å². The molecule has 1 unspecified atom stereocenters. The van der Waals surface area contributed by atoms with Crippen LogP contribution in [0.25, 0.3) is 0 Å². The maximum atomic E-state index is 12.1. The van der Waals surface area contributed by atoms with Crippen molar-refractivity contribution in [3.63, 3.8) is 0 Å². The summed E-state index contributed by atoms with van der Waals surface area (Å²) >= 11 is 0. The highest BCUT2D eigenvalue weighted by Gasteiger charge is 2.41. The Hall–Kier alpha value is -0.410. The molecule has 0 bridgehead atoms. The molecule has 0 aromatic carbocycles. The van der Waals surface area contributed by atoms with E-state index in [0.717, 1.165) is 32.3 Å². The normalized spacial score (nSPS) is 27.8. The molecule has 0 N–H and O–H groups in total. The highest BCUT2D eigenvalue weighted by atomic mass is 16.5. The van der Waals surface area contributed by atoms with Crippen LogP contribution in [0.3, 0.4) is 0 Å². The maximum Gasteiger partial charge on any atom is 0.161 e. The van der Waals surface area contributed by atoms with Gasteiger partial charge < -0.3 is 9.47 Å². The van der Waals surface area contributed by atoms with Crippen molar-refractivity contribution < 1.29 is 14.3 Å². The minimum atomic E-state index is 0.0381. The molecule has 98 valence electrons. The second-order valence-corrected chi connectivity index (χ2v) is 5.75. The van der Waals surface area contributed by atoms with E-state index in [0.29, 0.717) is 0 Å². The molecule has 3 nitrogen and oxygen atoms in total. The van der Waals surface area contributed by atoms with E-state index in [9.17, 15) is 4.79 Å². The second kappa shape index (κ2) is 5.49. The number of ether oxygens (including phenoxy) is 2. The van der Waals surface area contributed by atoms with Gasteiger partial charge in [-0.2, -0.15) is 0 Å². The zero-order chi connectivity index (χ0) is 12.3. The van der Waals surface area contributed by atoms with E-state index >= 15 is 0 Å². The second-order valence-electron chi connectivity index (χ2n) is 5.75. The fourth-order valence-corrected chi connectivity index (χ4v) is 3.04. The van der Waals surface area contributed by atoms with E-state index in [1.165, 1.54) is 12.8 Å². The van der Waals surface area contributed by atoms with Crippen LogP contribution in [0, 0.1) is 5.92 Å². The van der Waals surface area contributed by atoms with Gasteiger partial charge in [0.05, 0.1) is 11.7 Å². The summed E-state index contributed by atoms with van der Waals surface area (Å²) in [4.78, 5) is 12.1. The fraction of sp³-hybridized carbons (Fsp3) is 0.929. The zero-order valence-corrected chi connectivity index (χ0v) is 11.0. The molecule has 0 aromatic heterocycles. The molecule has 0 aromatic rings. The molecular formula is C14H24O3. The summed E-state index contributed by atoms with van der Waals surface area (Å²) in [5, 5.41) is 0. The van der Waals surface area contributed by atoms with Crippen molar-refractivity contribution in [1.82, 2.24) is 0 Å². The van der Waals surface area contributed by atoms with Crippen LogP contribution >= 0.6 is 0 Å².